The maximum absolute atomic E-state index is 11.8. The van der Waals surface area contributed by atoms with E-state index in [9.17, 15) is 4.79 Å². The van der Waals surface area contributed by atoms with E-state index in [1.54, 1.807) is 0 Å². The van der Waals surface area contributed by atoms with Crippen LogP contribution in [-0.2, 0) is 11.2 Å². The Morgan fingerprint density at radius 1 is 1.14 bits per heavy atom. The van der Waals surface area contributed by atoms with Crippen LogP contribution in [0.2, 0.25) is 0 Å². The zero-order valence-corrected chi connectivity index (χ0v) is 14.9. The minimum Gasteiger partial charge on any atom is -0.356 e. The SMILES string of the molecule is CCCCCCCCCCNC(=O)Cc1sc(=S)[nH]c1C. The molecule has 1 aromatic heterocycles. The first-order chi connectivity index (χ1) is 10.1. The minimum absolute atomic E-state index is 0.103. The first kappa shape index (κ1) is 18.4. The van der Waals surface area contributed by atoms with Crippen LogP contribution in [0.5, 0.6) is 0 Å². The summed E-state index contributed by atoms with van der Waals surface area (Å²) in [6, 6.07) is 0. The fourth-order valence-electron chi connectivity index (χ4n) is 2.30. The monoisotopic (exact) mass is 328 g/mol. The van der Waals surface area contributed by atoms with Gasteiger partial charge in [0.25, 0.3) is 0 Å². The van der Waals surface area contributed by atoms with E-state index < -0.39 is 0 Å². The van der Waals surface area contributed by atoms with Crippen molar-refractivity contribution in [1.82, 2.24) is 10.3 Å². The topological polar surface area (TPSA) is 44.9 Å². The standard InChI is InChI=1S/C16H28N2OS2/c1-3-4-5-6-7-8-9-10-11-17-15(19)12-14-13(2)18-16(20)21-14/h3-12H2,1-2H3,(H,17,19)(H,18,20). The van der Waals surface area contributed by atoms with Gasteiger partial charge in [0.1, 0.15) is 0 Å². The summed E-state index contributed by atoms with van der Waals surface area (Å²) in [7, 11) is 0. The zero-order chi connectivity index (χ0) is 15.5. The van der Waals surface area contributed by atoms with Crippen molar-refractivity contribution in [3.8, 4) is 0 Å². The number of H-pyrrole nitrogens is 1. The molecule has 5 heteroatoms. The molecule has 2 N–H and O–H groups in total. The van der Waals surface area contributed by atoms with Crippen LogP contribution in [0.15, 0.2) is 0 Å². The van der Waals surface area contributed by atoms with Crippen LogP contribution in [0.3, 0.4) is 0 Å². The van der Waals surface area contributed by atoms with E-state index in [1.807, 2.05) is 6.92 Å². The number of amides is 1. The molecule has 0 aliphatic rings. The average Bonchev–Trinajstić information content (AvgIpc) is 2.75. The number of hydrogen-bond donors (Lipinski definition) is 2. The van der Waals surface area contributed by atoms with Gasteiger partial charge >= 0.3 is 0 Å². The molecule has 1 rings (SSSR count). The second-order valence-corrected chi connectivity index (χ2v) is 7.34. The van der Waals surface area contributed by atoms with Crippen LogP contribution >= 0.6 is 23.6 Å². The Hall–Kier alpha value is -0.680. The maximum Gasteiger partial charge on any atom is 0.225 e. The third kappa shape index (κ3) is 8.37. The number of carbonyl (C=O) groups excluding carboxylic acids is 1. The molecule has 0 radical (unpaired) electrons. The molecule has 0 bridgehead atoms. The molecule has 1 amide bonds. The van der Waals surface area contributed by atoms with Crippen LogP contribution < -0.4 is 5.32 Å². The quantitative estimate of drug-likeness (QED) is 0.447. The van der Waals surface area contributed by atoms with Crippen molar-refractivity contribution in [3.63, 3.8) is 0 Å². The number of nitrogens with one attached hydrogen (secondary N) is 2. The van der Waals surface area contributed by atoms with Crippen molar-refractivity contribution in [2.24, 2.45) is 0 Å². The van der Waals surface area contributed by atoms with Gasteiger partial charge < -0.3 is 10.3 Å². The highest BCUT2D eigenvalue weighted by Crippen LogP contribution is 2.15. The molecule has 0 saturated carbocycles. The van der Waals surface area contributed by atoms with Gasteiger partial charge in [0.2, 0.25) is 5.91 Å². The molecule has 0 fully saturated rings. The minimum atomic E-state index is 0.103. The van der Waals surface area contributed by atoms with E-state index in [0.29, 0.717) is 6.42 Å². The zero-order valence-electron chi connectivity index (χ0n) is 13.3. The van der Waals surface area contributed by atoms with Gasteiger partial charge in [-0.15, -0.1) is 11.3 Å². The summed E-state index contributed by atoms with van der Waals surface area (Å²) in [4.78, 5) is 15.9. The Labute approximate surface area is 137 Å². The normalized spacial score (nSPS) is 10.8. The molecule has 1 heterocycles. The number of aromatic amines is 1. The lowest BCUT2D eigenvalue weighted by atomic mass is 10.1. The van der Waals surface area contributed by atoms with Gasteiger partial charge in [0.15, 0.2) is 3.95 Å². The summed E-state index contributed by atoms with van der Waals surface area (Å²) in [5.41, 5.74) is 1.02. The molecule has 0 aliphatic heterocycles. The van der Waals surface area contributed by atoms with Crippen LogP contribution in [0.1, 0.15) is 68.9 Å². The Morgan fingerprint density at radius 2 is 1.76 bits per heavy atom. The number of thiazole rings is 1. The fraction of sp³-hybridized carbons (Fsp3) is 0.750. The molecule has 0 spiro atoms. The highest BCUT2D eigenvalue weighted by molar-refractivity contribution is 7.73. The van der Waals surface area contributed by atoms with Gasteiger partial charge in [-0.05, 0) is 25.6 Å². The first-order valence-electron chi connectivity index (χ1n) is 8.08. The molecule has 0 atom stereocenters. The second-order valence-electron chi connectivity index (χ2n) is 5.56. The molecule has 1 aromatic rings. The Bertz CT molecular complexity index is 465. The van der Waals surface area contributed by atoms with Crippen molar-refractivity contribution in [2.75, 3.05) is 6.54 Å². The number of carbonyl (C=O) groups is 1. The van der Waals surface area contributed by atoms with Crippen LogP contribution in [0, 0.1) is 10.9 Å². The summed E-state index contributed by atoms with van der Waals surface area (Å²) in [6.07, 6.45) is 10.8. The molecule has 0 saturated heterocycles. The summed E-state index contributed by atoms with van der Waals surface area (Å²) in [6.45, 7) is 5.00. The fourth-order valence-corrected chi connectivity index (χ4v) is 3.59. The summed E-state index contributed by atoms with van der Waals surface area (Å²) < 4.78 is 0.748. The molecule has 21 heavy (non-hydrogen) atoms. The number of aromatic nitrogens is 1. The third-order valence-electron chi connectivity index (χ3n) is 3.60. The van der Waals surface area contributed by atoms with Crippen LogP contribution in [-0.4, -0.2) is 17.4 Å². The Balaban J connectivity index is 2.01. The van der Waals surface area contributed by atoms with E-state index in [-0.39, 0.29) is 5.91 Å². The molecular formula is C16H28N2OS2. The van der Waals surface area contributed by atoms with Crippen LogP contribution in [0.25, 0.3) is 0 Å². The summed E-state index contributed by atoms with van der Waals surface area (Å²) in [5, 5.41) is 3.00. The predicted molar refractivity (Wildman–Crippen MR) is 93.6 cm³/mol. The highest BCUT2D eigenvalue weighted by atomic mass is 32.1. The Morgan fingerprint density at radius 3 is 2.33 bits per heavy atom. The van der Waals surface area contributed by atoms with Gasteiger partial charge in [-0.25, -0.2) is 0 Å². The van der Waals surface area contributed by atoms with Gasteiger partial charge in [0, 0.05) is 17.1 Å². The lowest BCUT2D eigenvalue weighted by Crippen LogP contribution is -2.26. The molecule has 0 unspecified atom stereocenters. The predicted octanol–water partition coefficient (Wildman–Crippen LogP) is 4.91. The summed E-state index contributed by atoms with van der Waals surface area (Å²) >= 11 is 6.58. The van der Waals surface area contributed by atoms with Crippen molar-refractivity contribution in [2.45, 2.75) is 71.6 Å². The molecule has 120 valence electrons. The van der Waals surface area contributed by atoms with Crippen molar-refractivity contribution in [3.05, 3.63) is 14.5 Å². The second kappa shape index (κ2) is 11.0. The van der Waals surface area contributed by atoms with E-state index in [1.165, 1.54) is 56.3 Å². The van der Waals surface area contributed by atoms with E-state index in [0.717, 1.165) is 27.5 Å². The van der Waals surface area contributed by atoms with Crippen molar-refractivity contribution >= 4 is 29.5 Å². The lowest BCUT2D eigenvalue weighted by Gasteiger charge is -2.05. The van der Waals surface area contributed by atoms with E-state index >= 15 is 0 Å². The van der Waals surface area contributed by atoms with Gasteiger partial charge in [-0.1, -0.05) is 51.9 Å². The van der Waals surface area contributed by atoms with Gasteiger partial charge in [-0.3, -0.25) is 4.79 Å². The number of unbranched alkanes of at least 4 members (excludes halogenated alkanes) is 7. The van der Waals surface area contributed by atoms with Crippen molar-refractivity contribution in [1.29, 1.82) is 0 Å². The van der Waals surface area contributed by atoms with E-state index in [2.05, 4.69) is 17.2 Å². The van der Waals surface area contributed by atoms with Crippen molar-refractivity contribution < 1.29 is 4.79 Å². The third-order valence-corrected chi connectivity index (χ3v) is 4.93. The smallest absolute Gasteiger partial charge is 0.225 e. The number of hydrogen-bond acceptors (Lipinski definition) is 3. The average molecular weight is 329 g/mol. The number of rotatable bonds is 11. The van der Waals surface area contributed by atoms with E-state index in [4.69, 9.17) is 12.2 Å². The Kier molecular flexibility index (Phi) is 9.59. The highest BCUT2D eigenvalue weighted by Gasteiger charge is 2.07. The maximum atomic E-state index is 11.8. The van der Waals surface area contributed by atoms with Gasteiger partial charge in [0.05, 0.1) is 6.42 Å². The molecular weight excluding hydrogens is 300 g/mol. The first-order valence-corrected chi connectivity index (χ1v) is 9.31. The summed E-state index contributed by atoms with van der Waals surface area (Å²) in [5.74, 6) is 0.103. The lowest BCUT2D eigenvalue weighted by molar-refractivity contribution is -0.120. The molecule has 3 nitrogen and oxygen atoms in total. The largest absolute Gasteiger partial charge is 0.356 e. The number of aryl methyl sites for hydroxylation is 1. The molecule has 0 aliphatic carbocycles. The van der Waals surface area contributed by atoms with Crippen LogP contribution in [0.4, 0.5) is 0 Å². The molecule has 0 aromatic carbocycles. The van der Waals surface area contributed by atoms with Gasteiger partial charge in [-0.2, -0.15) is 0 Å².